The van der Waals surface area contributed by atoms with Crippen LogP contribution in [0.4, 0.5) is 5.13 Å². The minimum absolute atomic E-state index is 0.0880. The van der Waals surface area contributed by atoms with Crippen LogP contribution < -0.4 is 4.90 Å². The average Bonchev–Trinajstić information content (AvgIpc) is 3.15. The summed E-state index contributed by atoms with van der Waals surface area (Å²) in [5, 5.41) is 1.45. The third-order valence-corrected chi connectivity index (χ3v) is 7.42. The molecule has 0 atom stereocenters. The number of likely N-dealkylation sites (N-methyl/N-ethyl adjacent to an activating group) is 1. The van der Waals surface area contributed by atoms with Crippen LogP contribution in [0.1, 0.15) is 41.7 Å². The number of rotatable bonds is 8. The molecule has 0 aliphatic carbocycles. The quantitative estimate of drug-likeness (QED) is 0.410. The molecule has 6 heteroatoms. The molecule has 0 spiro atoms. The van der Waals surface area contributed by atoms with Gasteiger partial charge in [-0.25, -0.2) is 4.98 Å². The van der Waals surface area contributed by atoms with E-state index in [1.807, 2.05) is 24.0 Å². The molecule has 3 rings (SSSR count). The molecule has 2 aromatic carbocycles. The van der Waals surface area contributed by atoms with Gasteiger partial charge in [0.05, 0.1) is 16.6 Å². The van der Waals surface area contributed by atoms with E-state index in [2.05, 4.69) is 51.7 Å². The summed E-state index contributed by atoms with van der Waals surface area (Å²) in [7, 11) is 0. The average molecular weight is 458 g/mol. The zero-order valence-electron chi connectivity index (χ0n) is 19.4. The highest BCUT2D eigenvalue weighted by Crippen LogP contribution is 2.34. The number of thiazole rings is 1. The summed E-state index contributed by atoms with van der Waals surface area (Å²) in [6.07, 6.45) is 0.381. The van der Waals surface area contributed by atoms with Crippen LogP contribution in [0.2, 0.25) is 5.02 Å². The second-order valence-corrected chi connectivity index (χ2v) is 9.56. The van der Waals surface area contributed by atoms with Crippen LogP contribution >= 0.6 is 22.9 Å². The van der Waals surface area contributed by atoms with Gasteiger partial charge in [-0.15, -0.1) is 0 Å². The molecule has 4 nitrogen and oxygen atoms in total. The van der Waals surface area contributed by atoms with Gasteiger partial charge in [0.25, 0.3) is 0 Å². The van der Waals surface area contributed by atoms with E-state index in [4.69, 9.17) is 16.6 Å². The molecule has 1 heterocycles. The summed E-state index contributed by atoms with van der Waals surface area (Å²) in [6.45, 7) is 15.9. The molecule has 1 amide bonds. The van der Waals surface area contributed by atoms with E-state index < -0.39 is 0 Å². The first-order valence-corrected chi connectivity index (χ1v) is 12.1. The third kappa shape index (κ3) is 5.28. The zero-order valence-corrected chi connectivity index (χ0v) is 21.0. The number of anilines is 1. The summed E-state index contributed by atoms with van der Waals surface area (Å²) >= 11 is 7.87. The van der Waals surface area contributed by atoms with Crippen molar-refractivity contribution in [3.8, 4) is 0 Å². The number of carbonyl (C=O) groups excluding carboxylic acids is 1. The first kappa shape index (κ1) is 23.7. The number of aromatic nitrogens is 1. The van der Waals surface area contributed by atoms with Crippen molar-refractivity contribution in [2.24, 2.45) is 0 Å². The van der Waals surface area contributed by atoms with Crippen LogP contribution in [0.25, 0.3) is 10.2 Å². The van der Waals surface area contributed by atoms with Gasteiger partial charge in [0.1, 0.15) is 0 Å². The monoisotopic (exact) mass is 457 g/mol. The maximum atomic E-state index is 13.6. The first-order chi connectivity index (χ1) is 14.7. The van der Waals surface area contributed by atoms with Gasteiger partial charge in [-0.05, 0) is 75.2 Å². The molecule has 1 aromatic heterocycles. The van der Waals surface area contributed by atoms with E-state index in [-0.39, 0.29) is 5.91 Å². The Kier molecular flexibility index (Phi) is 7.73. The molecule has 0 saturated heterocycles. The SMILES string of the molecule is CCN(CC)CCN(C(=O)Cc1c(C)cc(C)cc1C)c1nc2c(C)c(Cl)ccc2s1. The lowest BCUT2D eigenvalue weighted by Crippen LogP contribution is -2.39. The van der Waals surface area contributed by atoms with Crippen LogP contribution in [-0.4, -0.2) is 42.0 Å². The second-order valence-electron chi connectivity index (χ2n) is 8.14. The number of hydrogen-bond acceptors (Lipinski definition) is 4. The highest BCUT2D eigenvalue weighted by molar-refractivity contribution is 7.22. The number of fused-ring (bicyclic) bond motifs is 1. The van der Waals surface area contributed by atoms with Crippen molar-refractivity contribution in [2.45, 2.75) is 48.0 Å². The van der Waals surface area contributed by atoms with Gasteiger partial charge < -0.3 is 4.90 Å². The Bertz CT molecular complexity index is 1060. The van der Waals surface area contributed by atoms with Crippen molar-refractivity contribution in [3.63, 3.8) is 0 Å². The fraction of sp³-hybridized carbons (Fsp3) is 0.440. The molecule has 0 bridgehead atoms. The van der Waals surface area contributed by atoms with Gasteiger partial charge in [0.15, 0.2) is 5.13 Å². The molecule has 0 fully saturated rings. The molecule has 0 N–H and O–H groups in total. The lowest BCUT2D eigenvalue weighted by molar-refractivity contribution is -0.118. The number of benzene rings is 2. The minimum Gasteiger partial charge on any atom is -0.302 e. The molecule has 31 heavy (non-hydrogen) atoms. The van der Waals surface area contributed by atoms with Gasteiger partial charge >= 0.3 is 0 Å². The van der Waals surface area contributed by atoms with E-state index >= 15 is 0 Å². The standard InChI is InChI=1S/C25H32ClN3OS/c1-7-28(8-2)11-12-29(23(30)15-20-17(4)13-16(3)14-18(20)5)25-27-24-19(6)21(26)9-10-22(24)31-25/h9-10,13-14H,7-8,11-12,15H2,1-6H3. The van der Waals surface area contributed by atoms with Crippen molar-refractivity contribution in [1.82, 2.24) is 9.88 Å². The van der Waals surface area contributed by atoms with Crippen LogP contribution in [0.5, 0.6) is 0 Å². The van der Waals surface area contributed by atoms with Gasteiger partial charge in [-0.1, -0.05) is 54.5 Å². The van der Waals surface area contributed by atoms with Crippen molar-refractivity contribution in [1.29, 1.82) is 0 Å². The third-order valence-electron chi connectivity index (χ3n) is 5.97. The Morgan fingerprint density at radius 2 is 1.68 bits per heavy atom. The summed E-state index contributed by atoms with van der Waals surface area (Å²) < 4.78 is 1.06. The minimum atomic E-state index is 0.0880. The summed E-state index contributed by atoms with van der Waals surface area (Å²) in [4.78, 5) is 22.6. The van der Waals surface area contributed by atoms with E-state index in [0.717, 1.165) is 46.1 Å². The van der Waals surface area contributed by atoms with Crippen molar-refractivity contribution < 1.29 is 4.79 Å². The smallest absolute Gasteiger partial charge is 0.233 e. The number of hydrogen-bond donors (Lipinski definition) is 0. The largest absolute Gasteiger partial charge is 0.302 e. The number of halogens is 1. The van der Waals surface area contributed by atoms with Crippen LogP contribution in [-0.2, 0) is 11.2 Å². The molecular formula is C25H32ClN3OS. The van der Waals surface area contributed by atoms with Gasteiger partial charge in [0.2, 0.25) is 5.91 Å². The van der Waals surface area contributed by atoms with Crippen LogP contribution in [0.3, 0.4) is 0 Å². The molecule has 0 radical (unpaired) electrons. The highest BCUT2D eigenvalue weighted by atomic mass is 35.5. The Morgan fingerprint density at radius 3 is 2.29 bits per heavy atom. The Balaban J connectivity index is 1.96. The molecule has 0 aliphatic rings. The van der Waals surface area contributed by atoms with E-state index in [0.29, 0.717) is 18.0 Å². The van der Waals surface area contributed by atoms with Crippen LogP contribution in [0, 0.1) is 27.7 Å². The lowest BCUT2D eigenvalue weighted by atomic mass is 9.97. The molecular weight excluding hydrogens is 426 g/mol. The zero-order chi connectivity index (χ0) is 22.7. The van der Waals surface area contributed by atoms with Crippen molar-refractivity contribution in [2.75, 3.05) is 31.1 Å². The summed E-state index contributed by atoms with van der Waals surface area (Å²) in [5.74, 6) is 0.0880. The predicted octanol–water partition coefficient (Wildman–Crippen LogP) is 6.10. The topological polar surface area (TPSA) is 36.4 Å². The predicted molar refractivity (Wildman–Crippen MR) is 134 cm³/mol. The van der Waals surface area contributed by atoms with E-state index in [1.54, 1.807) is 11.3 Å². The Morgan fingerprint density at radius 1 is 1.03 bits per heavy atom. The van der Waals surface area contributed by atoms with Gasteiger partial charge in [-0.3, -0.25) is 9.69 Å². The second kappa shape index (κ2) is 10.1. The number of aryl methyl sites for hydroxylation is 4. The molecule has 0 unspecified atom stereocenters. The molecule has 0 saturated carbocycles. The van der Waals surface area contributed by atoms with Gasteiger partial charge in [-0.2, -0.15) is 0 Å². The van der Waals surface area contributed by atoms with E-state index in [1.165, 1.54) is 16.7 Å². The summed E-state index contributed by atoms with van der Waals surface area (Å²) in [6, 6.07) is 8.20. The molecule has 166 valence electrons. The van der Waals surface area contributed by atoms with Gasteiger partial charge in [0, 0.05) is 18.1 Å². The Labute approximate surface area is 194 Å². The van der Waals surface area contributed by atoms with Crippen molar-refractivity contribution >= 4 is 44.2 Å². The maximum absolute atomic E-state index is 13.6. The maximum Gasteiger partial charge on any atom is 0.233 e. The summed E-state index contributed by atoms with van der Waals surface area (Å²) in [5.41, 5.74) is 6.52. The number of carbonyl (C=O) groups is 1. The van der Waals surface area contributed by atoms with Crippen molar-refractivity contribution in [3.05, 3.63) is 57.1 Å². The lowest BCUT2D eigenvalue weighted by Gasteiger charge is -2.25. The van der Waals surface area contributed by atoms with E-state index in [9.17, 15) is 4.79 Å². The Hall–Kier alpha value is -1.95. The highest BCUT2D eigenvalue weighted by Gasteiger charge is 2.22. The fourth-order valence-electron chi connectivity index (χ4n) is 4.05. The fourth-order valence-corrected chi connectivity index (χ4v) is 5.27. The molecule has 0 aliphatic heterocycles. The first-order valence-electron chi connectivity index (χ1n) is 10.9. The molecule has 3 aromatic rings. The number of amides is 1. The number of nitrogens with zero attached hydrogens (tertiary/aromatic N) is 3. The van der Waals surface area contributed by atoms with Crippen LogP contribution in [0.15, 0.2) is 24.3 Å². The normalized spacial score (nSPS) is 11.5.